The van der Waals surface area contributed by atoms with E-state index in [9.17, 15) is 61.9 Å². The zero-order valence-electron chi connectivity index (χ0n) is 16.0. The van der Waals surface area contributed by atoms with Gasteiger partial charge in [0.1, 0.15) is 5.57 Å². The summed E-state index contributed by atoms with van der Waals surface area (Å²) in [5.41, 5.74) is -2.49. The van der Waals surface area contributed by atoms with E-state index in [4.69, 9.17) is 4.55 Å². The van der Waals surface area contributed by atoms with Crippen LogP contribution in [0.25, 0.3) is 0 Å². The monoisotopic (exact) mass is 532 g/mol. The van der Waals surface area contributed by atoms with Crippen LogP contribution in [0.15, 0.2) is 12.2 Å². The van der Waals surface area contributed by atoms with Gasteiger partial charge in [0.15, 0.2) is 0 Å². The minimum absolute atomic E-state index is 0.288. The van der Waals surface area contributed by atoms with E-state index in [0.717, 1.165) is 0 Å². The van der Waals surface area contributed by atoms with E-state index in [2.05, 4.69) is 20.8 Å². The van der Waals surface area contributed by atoms with E-state index in [-0.39, 0.29) is 7.11 Å². The summed E-state index contributed by atoms with van der Waals surface area (Å²) in [6, 6.07) is 0. The summed E-state index contributed by atoms with van der Waals surface area (Å²) < 4.78 is 170. The molecular formula is C14H14F10O8S. The molecule has 0 aromatic carbocycles. The number of ether oxygens (including phenoxy) is 3. The van der Waals surface area contributed by atoms with Crippen LogP contribution in [0.1, 0.15) is 19.3 Å². The molecule has 0 amide bonds. The molecule has 0 spiro atoms. The largest absolute Gasteiger partial charge is 0.468 e. The summed E-state index contributed by atoms with van der Waals surface area (Å²) in [5.74, 6) is -15.6. The first-order valence-corrected chi connectivity index (χ1v) is 9.43. The van der Waals surface area contributed by atoms with Crippen LogP contribution in [0, 0.1) is 0 Å². The molecule has 0 aliphatic heterocycles. The lowest BCUT2D eigenvalue weighted by atomic mass is 10.1. The van der Waals surface area contributed by atoms with Crippen molar-refractivity contribution in [2.45, 2.75) is 48.6 Å². The molecular weight excluding hydrogens is 518 g/mol. The van der Waals surface area contributed by atoms with Gasteiger partial charge in [-0.2, -0.15) is 52.3 Å². The van der Waals surface area contributed by atoms with Gasteiger partial charge in [-0.3, -0.25) is 4.55 Å². The van der Waals surface area contributed by atoms with Crippen LogP contribution in [-0.2, 0) is 33.9 Å². The Labute approximate surface area is 178 Å². The zero-order valence-corrected chi connectivity index (χ0v) is 16.8. The Balaban J connectivity index is 5.58. The van der Waals surface area contributed by atoms with E-state index < -0.39 is 82.8 Å². The van der Waals surface area contributed by atoms with Crippen molar-refractivity contribution in [3.8, 4) is 0 Å². The number of alkyl halides is 10. The van der Waals surface area contributed by atoms with Gasteiger partial charge in [0.05, 0.1) is 13.7 Å². The van der Waals surface area contributed by atoms with Gasteiger partial charge >= 0.3 is 51.4 Å². The molecule has 0 aliphatic carbocycles. The number of rotatable bonds is 11. The van der Waals surface area contributed by atoms with Gasteiger partial charge in [-0.15, -0.1) is 0 Å². The fourth-order valence-corrected chi connectivity index (χ4v) is 2.31. The van der Waals surface area contributed by atoms with Crippen LogP contribution >= 0.6 is 0 Å². The fraction of sp³-hybridized carbons (Fsp3) is 0.714. The normalized spacial score (nSPS) is 15.5. The van der Waals surface area contributed by atoms with Gasteiger partial charge in [-0.05, 0) is 12.8 Å². The smallest absolute Gasteiger partial charge is 0.464 e. The number of hydrogen-bond donors (Lipinski definition) is 1. The van der Waals surface area contributed by atoms with Gasteiger partial charge < -0.3 is 14.2 Å². The van der Waals surface area contributed by atoms with E-state index in [1.54, 1.807) is 0 Å². The predicted molar refractivity (Wildman–Crippen MR) is 83.3 cm³/mol. The fourth-order valence-electron chi connectivity index (χ4n) is 1.83. The van der Waals surface area contributed by atoms with Gasteiger partial charge in [0.2, 0.25) is 0 Å². The van der Waals surface area contributed by atoms with Crippen molar-refractivity contribution in [3.63, 3.8) is 0 Å². The van der Waals surface area contributed by atoms with Crippen molar-refractivity contribution in [1.29, 1.82) is 0 Å². The summed E-state index contributed by atoms with van der Waals surface area (Å²) in [4.78, 5) is 23.0. The highest BCUT2D eigenvalue weighted by Crippen LogP contribution is 2.42. The lowest BCUT2D eigenvalue weighted by molar-refractivity contribution is -0.354. The van der Waals surface area contributed by atoms with Crippen LogP contribution in [0.4, 0.5) is 43.9 Å². The maximum absolute atomic E-state index is 13.4. The second-order valence-electron chi connectivity index (χ2n) is 5.97. The molecule has 1 N–H and O–H groups in total. The predicted octanol–water partition coefficient (Wildman–Crippen LogP) is 3.38. The van der Waals surface area contributed by atoms with E-state index in [0.29, 0.717) is 0 Å². The summed E-state index contributed by atoms with van der Waals surface area (Å²) in [5, 5.41) is -5.96. The third kappa shape index (κ3) is 6.92. The molecule has 0 saturated heterocycles. The van der Waals surface area contributed by atoms with Gasteiger partial charge in [0.25, 0.3) is 0 Å². The minimum atomic E-state index is -6.58. The molecule has 0 saturated carbocycles. The van der Waals surface area contributed by atoms with Crippen LogP contribution in [0.2, 0.25) is 0 Å². The van der Waals surface area contributed by atoms with E-state index >= 15 is 0 Å². The highest BCUT2D eigenvalue weighted by Gasteiger charge is 2.68. The molecule has 1 atom stereocenters. The van der Waals surface area contributed by atoms with E-state index in [1.165, 1.54) is 0 Å². The summed E-state index contributed by atoms with van der Waals surface area (Å²) in [7, 11) is -6.29. The standard InChI is InChI=1S/C14H14F10O8S/c1-7(12(17,18)19)8(25)32-11(9(26)30-2,13(20,21)22)31-6-4-3-5-10(15,16)14(23,24)33(27,28)29/h1,3-6H2,2H3,(H,27,28,29). The highest BCUT2D eigenvalue weighted by molar-refractivity contribution is 7.87. The second-order valence-corrected chi connectivity index (χ2v) is 7.44. The molecule has 0 aliphatic rings. The van der Waals surface area contributed by atoms with E-state index in [1.807, 2.05) is 0 Å². The lowest BCUT2D eigenvalue weighted by Crippen LogP contribution is -2.58. The van der Waals surface area contributed by atoms with Crippen molar-refractivity contribution in [2.24, 2.45) is 0 Å². The van der Waals surface area contributed by atoms with Crippen molar-refractivity contribution in [3.05, 3.63) is 12.2 Å². The van der Waals surface area contributed by atoms with Crippen LogP contribution in [0.3, 0.4) is 0 Å². The average molecular weight is 532 g/mol. The Morgan fingerprint density at radius 3 is 1.79 bits per heavy atom. The SMILES string of the molecule is C=C(C(=O)OC(OCCCCC(F)(F)C(F)(F)S(=O)(=O)O)(C(=O)OC)C(F)(F)F)C(F)(F)F. The lowest BCUT2D eigenvalue weighted by Gasteiger charge is -2.32. The molecule has 0 rings (SSSR count). The molecule has 1 unspecified atom stereocenters. The maximum Gasteiger partial charge on any atom is 0.468 e. The molecule has 0 radical (unpaired) electrons. The zero-order chi connectivity index (χ0) is 26.7. The summed E-state index contributed by atoms with van der Waals surface area (Å²) in [6.45, 7) is 0.638. The van der Waals surface area contributed by atoms with Gasteiger partial charge in [0, 0.05) is 6.42 Å². The van der Waals surface area contributed by atoms with Crippen LogP contribution in [-0.4, -0.2) is 67.9 Å². The molecule has 0 aromatic rings. The van der Waals surface area contributed by atoms with Crippen molar-refractivity contribution >= 4 is 22.1 Å². The minimum Gasteiger partial charge on any atom is -0.464 e. The third-order valence-electron chi connectivity index (χ3n) is 3.59. The molecule has 194 valence electrons. The third-order valence-corrected chi connectivity index (χ3v) is 4.54. The Hall–Kier alpha value is -2.15. The van der Waals surface area contributed by atoms with Crippen LogP contribution in [0.5, 0.6) is 0 Å². The number of unbranched alkanes of at least 4 members (excludes halogenated alkanes) is 1. The number of carbonyl (C=O) groups excluding carboxylic acids is 2. The Morgan fingerprint density at radius 2 is 1.42 bits per heavy atom. The van der Waals surface area contributed by atoms with Crippen molar-refractivity contribution in [2.75, 3.05) is 13.7 Å². The molecule has 33 heavy (non-hydrogen) atoms. The molecule has 0 fully saturated rings. The van der Waals surface area contributed by atoms with Gasteiger partial charge in [-0.1, -0.05) is 6.58 Å². The number of hydrogen-bond acceptors (Lipinski definition) is 7. The quantitative estimate of drug-likeness (QED) is 0.108. The first-order valence-electron chi connectivity index (χ1n) is 7.99. The molecule has 0 bridgehead atoms. The van der Waals surface area contributed by atoms with Crippen molar-refractivity contribution < 1.29 is 80.7 Å². The van der Waals surface area contributed by atoms with Crippen LogP contribution < -0.4 is 0 Å². The second kappa shape index (κ2) is 10.00. The molecule has 0 aromatic heterocycles. The Morgan fingerprint density at radius 1 is 0.939 bits per heavy atom. The van der Waals surface area contributed by atoms with Gasteiger partial charge in [-0.25, -0.2) is 9.59 Å². The maximum atomic E-state index is 13.4. The van der Waals surface area contributed by atoms with Crippen molar-refractivity contribution in [1.82, 2.24) is 0 Å². The number of halogens is 10. The number of carbonyl (C=O) groups is 2. The first-order chi connectivity index (χ1) is 14.5. The first kappa shape index (κ1) is 30.9. The Bertz CT molecular complexity index is 849. The molecule has 19 heteroatoms. The average Bonchev–Trinajstić information content (AvgIpc) is 2.62. The molecule has 8 nitrogen and oxygen atoms in total. The molecule has 0 heterocycles. The highest BCUT2D eigenvalue weighted by atomic mass is 32.2. The summed E-state index contributed by atoms with van der Waals surface area (Å²) >= 11 is 0. The topological polar surface area (TPSA) is 116 Å². The Kier molecular flexibility index (Phi) is 9.35. The number of esters is 2. The summed E-state index contributed by atoms with van der Waals surface area (Å²) in [6.07, 6.45) is -16.0. The number of methoxy groups -OCH3 is 1.